The van der Waals surface area contributed by atoms with Gasteiger partial charge in [-0.1, -0.05) is 30.3 Å². The molecule has 1 amide bonds. The van der Waals surface area contributed by atoms with Crippen LogP contribution in [0.5, 0.6) is 0 Å². The van der Waals surface area contributed by atoms with Crippen LogP contribution in [0.4, 0.5) is 0 Å². The Kier molecular flexibility index (Phi) is 2.64. The van der Waals surface area contributed by atoms with Gasteiger partial charge in [-0.3, -0.25) is 9.69 Å². The second-order valence-electron chi connectivity index (χ2n) is 5.30. The van der Waals surface area contributed by atoms with Crippen LogP contribution in [0.1, 0.15) is 12.0 Å². The van der Waals surface area contributed by atoms with Crippen molar-refractivity contribution in [3.8, 4) is 0 Å². The quantitative estimate of drug-likeness (QED) is 0.781. The highest BCUT2D eigenvalue weighted by Gasteiger charge is 2.50. The van der Waals surface area contributed by atoms with E-state index in [1.54, 1.807) is 0 Å². The van der Waals surface area contributed by atoms with Crippen molar-refractivity contribution in [2.75, 3.05) is 26.7 Å². The first-order chi connectivity index (χ1) is 8.61. The van der Waals surface area contributed by atoms with Gasteiger partial charge in [-0.25, -0.2) is 0 Å². The molecule has 1 N–H and O–H groups in total. The SMILES string of the molecule is CN1CCN2CC1C(O)(c1ccccc1)CC2=O. The number of benzene rings is 1. The fraction of sp³-hybridized carbons (Fsp3) is 0.500. The maximum atomic E-state index is 12.0. The molecule has 2 fully saturated rings. The molecule has 0 radical (unpaired) electrons. The van der Waals surface area contributed by atoms with Crippen LogP contribution in [0, 0.1) is 0 Å². The molecule has 1 aromatic rings. The Hall–Kier alpha value is -1.39. The summed E-state index contributed by atoms with van der Waals surface area (Å²) >= 11 is 0. The van der Waals surface area contributed by atoms with E-state index in [-0.39, 0.29) is 18.4 Å². The molecular weight excluding hydrogens is 228 g/mol. The first-order valence-corrected chi connectivity index (χ1v) is 6.37. The molecular formula is C14H18N2O2. The first kappa shape index (κ1) is 11.7. The lowest BCUT2D eigenvalue weighted by Gasteiger charge is -2.51. The van der Waals surface area contributed by atoms with E-state index in [4.69, 9.17) is 0 Å². The molecule has 3 rings (SSSR count). The van der Waals surface area contributed by atoms with Crippen molar-refractivity contribution in [1.29, 1.82) is 0 Å². The van der Waals surface area contributed by atoms with Gasteiger partial charge in [0.05, 0.1) is 12.5 Å². The van der Waals surface area contributed by atoms with Crippen molar-refractivity contribution in [2.24, 2.45) is 0 Å². The summed E-state index contributed by atoms with van der Waals surface area (Å²) in [5, 5.41) is 11.0. The van der Waals surface area contributed by atoms with Crippen LogP contribution < -0.4 is 0 Å². The molecule has 2 unspecified atom stereocenters. The molecule has 2 heterocycles. The van der Waals surface area contributed by atoms with E-state index < -0.39 is 5.60 Å². The molecule has 0 aliphatic carbocycles. The lowest BCUT2D eigenvalue weighted by Crippen LogP contribution is -2.66. The fourth-order valence-corrected chi connectivity index (χ4v) is 3.10. The first-order valence-electron chi connectivity index (χ1n) is 6.37. The number of amides is 1. The van der Waals surface area contributed by atoms with E-state index in [9.17, 15) is 9.90 Å². The van der Waals surface area contributed by atoms with Crippen molar-refractivity contribution in [1.82, 2.24) is 9.80 Å². The van der Waals surface area contributed by atoms with E-state index in [1.807, 2.05) is 42.3 Å². The molecule has 2 atom stereocenters. The highest BCUT2D eigenvalue weighted by atomic mass is 16.3. The number of carbonyl (C=O) groups is 1. The summed E-state index contributed by atoms with van der Waals surface area (Å²) in [6.07, 6.45) is 0.187. The van der Waals surface area contributed by atoms with Crippen molar-refractivity contribution in [2.45, 2.75) is 18.1 Å². The van der Waals surface area contributed by atoms with Gasteiger partial charge in [-0.05, 0) is 12.6 Å². The van der Waals surface area contributed by atoms with Crippen LogP contribution in [0.2, 0.25) is 0 Å². The summed E-state index contributed by atoms with van der Waals surface area (Å²) in [7, 11) is 2.02. The number of piperazine rings is 1. The van der Waals surface area contributed by atoms with Gasteiger partial charge in [0.25, 0.3) is 0 Å². The Morgan fingerprint density at radius 2 is 2.00 bits per heavy atom. The minimum absolute atomic E-state index is 0.00801. The van der Waals surface area contributed by atoms with Gasteiger partial charge in [0, 0.05) is 19.6 Å². The highest BCUT2D eigenvalue weighted by Crippen LogP contribution is 2.37. The maximum absolute atomic E-state index is 12.0. The average molecular weight is 246 g/mol. The summed E-state index contributed by atoms with van der Waals surface area (Å²) in [6.45, 7) is 2.23. The number of likely N-dealkylation sites (N-methyl/N-ethyl adjacent to an activating group) is 1. The summed E-state index contributed by atoms with van der Waals surface area (Å²) < 4.78 is 0. The van der Waals surface area contributed by atoms with Crippen LogP contribution in [0.25, 0.3) is 0 Å². The van der Waals surface area contributed by atoms with Crippen LogP contribution in [-0.2, 0) is 10.4 Å². The molecule has 4 heteroatoms. The monoisotopic (exact) mass is 246 g/mol. The van der Waals surface area contributed by atoms with Crippen LogP contribution in [0.15, 0.2) is 30.3 Å². The van der Waals surface area contributed by atoms with Crippen LogP contribution in [-0.4, -0.2) is 53.5 Å². The number of aliphatic hydroxyl groups is 1. The van der Waals surface area contributed by atoms with Crippen molar-refractivity contribution in [3.05, 3.63) is 35.9 Å². The van der Waals surface area contributed by atoms with Crippen LogP contribution in [0.3, 0.4) is 0 Å². The number of piperidine rings is 1. The zero-order chi connectivity index (χ0) is 12.8. The van der Waals surface area contributed by atoms with Gasteiger partial charge >= 0.3 is 0 Å². The molecule has 1 aromatic carbocycles. The van der Waals surface area contributed by atoms with Gasteiger partial charge in [0.15, 0.2) is 0 Å². The molecule has 18 heavy (non-hydrogen) atoms. The average Bonchev–Trinajstić information content (AvgIpc) is 2.39. The lowest BCUT2D eigenvalue weighted by molar-refractivity contribution is -0.162. The molecule has 2 bridgehead atoms. The number of hydrogen-bond donors (Lipinski definition) is 1. The highest BCUT2D eigenvalue weighted by molar-refractivity contribution is 5.79. The van der Waals surface area contributed by atoms with Crippen molar-refractivity contribution in [3.63, 3.8) is 0 Å². The van der Waals surface area contributed by atoms with Gasteiger partial charge in [0.1, 0.15) is 5.60 Å². The second kappa shape index (κ2) is 4.07. The third kappa shape index (κ3) is 1.64. The van der Waals surface area contributed by atoms with Crippen molar-refractivity contribution < 1.29 is 9.90 Å². The fourth-order valence-electron chi connectivity index (χ4n) is 3.10. The Balaban J connectivity index is 2.01. The minimum atomic E-state index is -1.05. The zero-order valence-corrected chi connectivity index (χ0v) is 10.5. The molecule has 0 aromatic heterocycles. The Labute approximate surface area is 107 Å². The van der Waals surface area contributed by atoms with E-state index in [0.717, 1.165) is 18.7 Å². The summed E-state index contributed by atoms with van der Waals surface area (Å²) in [5.41, 5.74) is -0.207. The Morgan fingerprint density at radius 3 is 2.72 bits per heavy atom. The van der Waals surface area contributed by atoms with Crippen LogP contribution >= 0.6 is 0 Å². The second-order valence-corrected chi connectivity index (χ2v) is 5.30. The molecule has 4 nitrogen and oxygen atoms in total. The third-order valence-electron chi connectivity index (χ3n) is 4.25. The predicted molar refractivity (Wildman–Crippen MR) is 68.0 cm³/mol. The van der Waals surface area contributed by atoms with Gasteiger partial charge in [-0.2, -0.15) is 0 Å². The van der Waals surface area contributed by atoms with E-state index in [0.29, 0.717) is 6.54 Å². The maximum Gasteiger partial charge on any atom is 0.225 e. The summed E-state index contributed by atoms with van der Waals surface area (Å²) in [4.78, 5) is 16.1. The number of fused-ring (bicyclic) bond motifs is 2. The normalized spacial score (nSPS) is 32.7. The van der Waals surface area contributed by atoms with Gasteiger partial charge in [-0.15, -0.1) is 0 Å². The summed E-state index contributed by atoms with van der Waals surface area (Å²) in [5.74, 6) is 0.0608. The molecule has 2 saturated heterocycles. The largest absolute Gasteiger partial charge is 0.383 e. The molecule has 2 aliphatic rings. The van der Waals surface area contributed by atoms with E-state index in [2.05, 4.69) is 4.90 Å². The smallest absolute Gasteiger partial charge is 0.225 e. The zero-order valence-electron chi connectivity index (χ0n) is 10.5. The van der Waals surface area contributed by atoms with E-state index in [1.165, 1.54) is 0 Å². The van der Waals surface area contributed by atoms with Crippen molar-refractivity contribution >= 4 is 5.91 Å². The number of nitrogens with zero attached hydrogens (tertiary/aromatic N) is 2. The Morgan fingerprint density at radius 1 is 1.28 bits per heavy atom. The standard InChI is InChI=1S/C14H18N2O2/c1-15-7-8-16-10-12(15)14(18,9-13(16)17)11-5-3-2-4-6-11/h2-6,12,18H,7-10H2,1H3. The molecule has 0 saturated carbocycles. The number of hydrogen-bond acceptors (Lipinski definition) is 3. The lowest BCUT2D eigenvalue weighted by atomic mass is 9.78. The minimum Gasteiger partial charge on any atom is -0.383 e. The number of carbonyl (C=O) groups excluding carboxylic acids is 1. The predicted octanol–water partition coefficient (Wildman–Crippen LogP) is 0.420. The Bertz CT molecular complexity index is 462. The van der Waals surface area contributed by atoms with E-state index >= 15 is 0 Å². The molecule has 2 aliphatic heterocycles. The third-order valence-corrected chi connectivity index (χ3v) is 4.25. The number of rotatable bonds is 1. The van der Waals surface area contributed by atoms with Gasteiger partial charge < -0.3 is 10.0 Å². The van der Waals surface area contributed by atoms with Gasteiger partial charge in [0.2, 0.25) is 5.91 Å². The molecule has 96 valence electrons. The topological polar surface area (TPSA) is 43.8 Å². The summed E-state index contributed by atoms with van der Waals surface area (Å²) in [6, 6.07) is 9.55. The molecule has 0 spiro atoms.